The van der Waals surface area contributed by atoms with Gasteiger partial charge in [-0.2, -0.15) is 5.10 Å². The first-order valence-corrected chi connectivity index (χ1v) is 6.51. The third kappa shape index (κ3) is 1.25. The Morgan fingerprint density at radius 2 is 2.10 bits per heavy atom. The summed E-state index contributed by atoms with van der Waals surface area (Å²) in [6.45, 7) is 2.59. The number of fused-ring (bicyclic) bond motifs is 5. The van der Waals surface area contributed by atoms with Crippen LogP contribution in [-0.4, -0.2) is 21.6 Å². The molecule has 100 valence electrons. The van der Waals surface area contributed by atoms with E-state index in [1.807, 2.05) is 25.1 Å². The lowest BCUT2D eigenvalue weighted by molar-refractivity contribution is 0.0907. The SMILES string of the molecule is CCn1cc2c(n1)C(=O)N[C@@H]1c3ccccc3C(=O)N21. The van der Waals surface area contributed by atoms with Crippen molar-refractivity contribution in [2.75, 3.05) is 4.90 Å². The third-order valence-corrected chi connectivity index (χ3v) is 3.77. The lowest BCUT2D eigenvalue weighted by atomic mass is 10.1. The molecule has 0 saturated heterocycles. The summed E-state index contributed by atoms with van der Waals surface area (Å²) in [6, 6.07) is 7.35. The molecule has 2 aromatic rings. The van der Waals surface area contributed by atoms with Crippen LogP contribution < -0.4 is 10.2 Å². The molecule has 20 heavy (non-hydrogen) atoms. The van der Waals surface area contributed by atoms with Crippen LogP contribution in [0.5, 0.6) is 0 Å². The summed E-state index contributed by atoms with van der Waals surface area (Å²) in [5.74, 6) is -0.333. The van der Waals surface area contributed by atoms with Crippen molar-refractivity contribution in [3.8, 4) is 0 Å². The largest absolute Gasteiger partial charge is 0.326 e. The second kappa shape index (κ2) is 3.69. The molecule has 0 radical (unpaired) electrons. The van der Waals surface area contributed by atoms with Crippen LogP contribution in [-0.2, 0) is 6.54 Å². The minimum atomic E-state index is -0.423. The van der Waals surface area contributed by atoms with Gasteiger partial charge >= 0.3 is 0 Å². The first-order chi connectivity index (χ1) is 9.70. The molecule has 1 aromatic heterocycles. The van der Waals surface area contributed by atoms with Gasteiger partial charge in [0.1, 0.15) is 6.17 Å². The molecule has 0 aliphatic carbocycles. The molecule has 2 aliphatic rings. The fourth-order valence-electron chi connectivity index (χ4n) is 2.81. The summed E-state index contributed by atoms with van der Waals surface area (Å²) in [5.41, 5.74) is 2.36. The van der Waals surface area contributed by atoms with E-state index < -0.39 is 6.17 Å². The minimum absolute atomic E-state index is 0.0949. The zero-order valence-corrected chi connectivity index (χ0v) is 10.8. The predicted molar refractivity (Wildman–Crippen MR) is 71.4 cm³/mol. The number of aryl methyl sites for hydroxylation is 1. The van der Waals surface area contributed by atoms with Crippen LogP contribution in [0.3, 0.4) is 0 Å². The lowest BCUT2D eigenvalue weighted by Gasteiger charge is -2.29. The summed E-state index contributed by atoms with van der Waals surface area (Å²) in [6.07, 6.45) is 1.33. The van der Waals surface area contributed by atoms with Gasteiger partial charge in [-0.05, 0) is 13.0 Å². The van der Waals surface area contributed by atoms with E-state index in [4.69, 9.17) is 0 Å². The topological polar surface area (TPSA) is 67.2 Å². The van der Waals surface area contributed by atoms with Crippen LogP contribution in [0.15, 0.2) is 30.5 Å². The molecule has 0 bridgehead atoms. The van der Waals surface area contributed by atoms with Crippen LogP contribution in [0.1, 0.15) is 39.5 Å². The number of hydrogen-bond donors (Lipinski definition) is 1. The summed E-state index contributed by atoms with van der Waals surface area (Å²) < 4.78 is 1.67. The number of nitrogens with one attached hydrogen (secondary N) is 1. The fraction of sp³-hybridized carbons (Fsp3) is 0.214. The Balaban J connectivity index is 1.93. The summed E-state index contributed by atoms with van der Waals surface area (Å²) in [7, 11) is 0. The van der Waals surface area contributed by atoms with Gasteiger partial charge in [-0.15, -0.1) is 0 Å². The Hall–Kier alpha value is -2.63. The fourth-order valence-corrected chi connectivity index (χ4v) is 2.81. The smallest absolute Gasteiger partial charge is 0.275 e. The molecular formula is C14H12N4O2. The molecule has 0 fully saturated rings. The van der Waals surface area contributed by atoms with Crippen molar-refractivity contribution in [1.82, 2.24) is 15.1 Å². The molecular weight excluding hydrogens is 256 g/mol. The van der Waals surface area contributed by atoms with Crippen molar-refractivity contribution in [2.24, 2.45) is 0 Å². The number of hydrogen-bond acceptors (Lipinski definition) is 3. The molecule has 1 aromatic carbocycles. The minimum Gasteiger partial charge on any atom is -0.326 e. The normalized spacial score (nSPS) is 19.4. The second-order valence-corrected chi connectivity index (χ2v) is 4.86. The molecule has 4 rings (SSSR count). The van der Waals surface area contributed by atoms with Crippen LogP contribution in [0, 0.1) is 0 Å². The number of benzene rings is 1. The zero-order chi connectivity index (χ0) is 13.9. The van der Waals surface area contributed by atoms with Gasteiger partial charge in [0.05, 0.1) is 5.69 Å². The van der Waals surface area contributed by atoms with Crippen LogP contribution in [0.2, 0.25) is 0 Å². The van der Waals surface area contributed by atoms with Crippen molar-refractivity contribution in [1.29, 1.82) is 0 Å². The molecule has 1 N–H and O–H groups in total. The number of nitrogens with zero attached hydrogens (tertiary/aromatic N) is 3. The molecule has 6 heteroatoms. The first kappa shape index (κ1) is 11.2. The highest BCUT2D eigenvalue weighted by Crippen LogP contribution is 2.39. The second-order valence-electron chi connectivity index (χ2n) is 4.86. The van der Waals surface area contributed by atoms with Gasteiger partial charge in [-0.1, -0.05) is 18.2 Å². The monoisotopic (exact) mass is 268 g/mol. The number of carbonyl (C=O) groups excluding carboxylic acids is 2. The number of aromatic nitrogens is 2. The Labute approximate surface area is 115 Å². The average molecular weight is 268 g/mol. The van der Waals surface area contributed by atoms with Gasteiger partial charge in [0.25, 0.3) is 11.8 Å². The Bertz CT molecular complexity index is 749. The van der Waals surface area contributed by atoms with Crippen molar-refractivity contribution in [3.63, 3.8) is 0 Å². The van der Waals surface area contributed by atoms with Gasteiger partial charge in [0.2, 0.25) is 0 Å². The van der Waals surface area contributed by atoms with E-state index in [2.05, 4.69) is 10.4 Å². The zero-order valence-electron chi connectivity index (χ0n) is 10.8. The molecule has 0 saturated carbocycles. The molecule has 0 spiro atoms. The maximum Gasteiger partial charge on any atom is 0.275 e. The van der Waals surface area contributed by atoms with Gasteiger partial charge in [-0.25, -0.2) is 0 Å². The van der Waals surface area contributed by atoms with E-state index in [-0.39, 0.29) is 11.8 Å². The molecule has 1 atom stereocenters. The average Bonchev–Trinajstić information content (AvgIpc) is 3.01. The van der Waals surface area contributed by atoms with Crippen molar-refractivity contribution in [2.45, 2.75) is 19.6 Å². The van der Waals surface area contributed by atoms with E-state index in [1.165, 1.54) is 0 Å². The van der Waals surface area contributed by atoms with Crippen LogP contribution in [0.4, 0.5) is 5.69 Å². The Morgan fingerprint density at radius 3 is 2.90 bits per heavy atom. The lowest BCUT2D eigenvalue weighted by Crippen LogP contribution is -2.44. The number of carbonyl (C=O) groups is 2. The third-order valence-electron chi connectivity index (χ3n) is 3.77. The van der Waals surface area contributed by atoms with E-state index in [1.54, 1.807) is 21.8 Å². The van der Waals surface area contributed by atoms with Crippen molar-refractivity contribution < 1.29 is 9.59 Å². The highest BCUT2D eigenvalue weighted by atomic mass is 16.2. The molecule has 6 nitrogen and oxygen atoms in total. The Kier molecular flexibility index (Phi) is 2.07. The molecule has 2 amide bonds. The van der Waals surface area contributed by atoms with E-state index in [0.29, 0.717) is 23.5 Å². The highest BCUT2D eigenvalue weighted by molar-refractivity contribution is 6.16. The van der Waals surface area contributed by atoms with Gasteiger partial charge in [0.15, 0.2) is 5.69 Å². The molecule has 2 aliphatic heterocycles. The van der Waals surface area contributed by atoms with Gasteiger partial charge < -0.3 is 5.32 Å². The van der Waals surface area contributed by atoms with E-state index in [0.717, 1.165) is 5.56 Å². The molecule has 0 unspecified atom stereocenters. The predicted octanol–water partition coefficient (Wildman–Crippen LogP) is 1.31. The first-order valence-electron chi connectivity index (χ1n) is 6.51. The number of rotatable bonds is 1. The maximum absolute atomic E-state index is 12.5. The van der Waals surface area contributed by atoms with Crippen LogP contribution >= 0.6 is 0 Å². The summed E-state index contributed by atoms with van der Waals surface area (Å²) >= 11 is 0. The summed E-state index contributed by atoms with van der Waals surface area (Å²) in [4.78, 5) is 26.3. The standard InChI is InChI=1S/C14H12N4O2/c1-2-17-7-10-11(16-17)13(19)15-12-8-5-3-4-6-9(8)14(20)18(10)12/h3-7,12H,2H2,1H3,(H,15,19)/t12-/m0/s1. The van der Waals surface area contributed by atoms with Crippen LogP contribution in [0.25, 0.3) is 0 Å². The maximum atomic E-state index is 12.5. The number of amides is 2. The molecule has 3 heterocycles. The van der Waals surface area contributed by atoms with Gasteiger partial charge in [0, 0.05) is 23.9 Å². The van der Waals surface area contributed by atoms with E-state index in [9.17, 15) is 9.59 Å². The summed E-state index contributed by atoms with van der Waals surface area (Å²) in [5, 5.41) is 7.07. The van der Waals surface area contributed by atoms with Crippen molar-refractivity contribution >= 4 is 17.5 Å². The van der Waals surface area contributed by atoms with E-state index >= 15 is 0 Å². The highest BCUT2D eigenvalue weighted by Gasteiger charge is 2.44. The quantitative estimate of drug-likeness (QED) is 0.847. The van der Waals surface area contributed by atoms with Crippen molar-refractivity contribution in [3.05, 3.63) is 47.3 Å². The number of anilines is 1. The Morgan fingerprint density at radius 1 is 1.30 bits per heavy atom. The van der Waals surface area contributed by atoms with Gasteiger partial charge in [-0.3, -0.25) is 19.2 Å².